The molecule has 0 radical (unpaired) electrons. The maximum absolute atomic E-state index is 11.5. The monoisotopic (exact) mass is 257 g/mol. The lowest BCUT2D eigenvalue weighted by atomic mass is 10.2. The minimum Gasteiger partial charge on any atom is -0.468 e. The second-order valence-electron chi connectivity index (χ2n) is 5.36. The van der Waals surface area contributed by atoms with Crippen molar-refractivity contribution in [3.05, 3.63) is 0 Å². The van der Waals surface area contributed by atoms with Gasteiger partial charge in [0.25, 0.3) is 0 Å². The molecule has 106 valence electrons. The number of carbonyl (C=O) groups excluding carboxylic acids is 1. The summed E-state index contributed by atoms with van der Waals surface area (Å²) in [6.45, 7) is 10.6. The Morgan fingerprint density at radius 1 is 1.17 bits per heavy atom. The number of methoxy groups -OCH3 is 1. The van der Waals surface area contributed by atoms with Crippen LogP contribution in [0.2, 0.25) is 0 Å². The van der Waals surface area contributed by atoms with Crippen LogP contribution in [0.4, 0.5) is 0 Å². The van der Waals surface area contributed by atoms with E-state index in [2.05, 4.69) is 29.0 Å². The number of nitrogens with one attached hydrogen (secondary N) is 1. The average Bonchev–Trinajstić information content (AvgIpc) is 2.36. The highest BCUT2D eigenvalue weighted by Gasteiger charge is 2.23. The van der Waals surface area contributed by atoms with Gasteiger partial charge in [0.15, 0.2) is 0 Å². The van der Waals surface area contributed by atoms with Gasteiger partial charge < -0.3 is 15.0 Å². The standard InChI is InChI=1S/C13H27N3O2/c1-11(2)9-15-5-7-16(8-6-15)10-12(14-3)13(17)18-4/h11-12,14H,5-10H2,1-4H3. The van der Waals surface area contributed by atoms with Crippen molar-refractivity contribution in [2.75, 3.05) is 53.4 Å². The van der Waals surface area contributed by atoms with Gasteiger partial charge >= 0.3 is 5.97 Å². The molecule has 0 aromatic rings. The van der Waals surface area contributed by atoms with Crippen molar-refractivity contribution < 1.29 is 9.53 Å². The van der Waals surface area contributed by atoms with Crippen LogP contribution in [0.5, 0.6) is 0 Å². The van der Waals surface area contributed by atoms with E-state index >= 15 is 0 Å². The van der Waals surface area contributed by atoms with Gasteiger partial charge in [-0.3, -0.25) is 9.69 Å². The summed E-state index contributed by atoms with van der Waals surface area (Å²) in [5.74, 6) is 0.541. The van der Waals surface area contributed by atoms with Crippen LogP contribution in [0.25, 0.3) is 0 Å². The Balaban J connectivity index is 2.32. The molecule has 1 aliphatic rings. The van der Waals surface area contributed by atoms with Crippen LogP contribution in [-0.4, -0.2) is 75.2 Å². The van der Waals surface area contributed by atoms with Gasteiger partial charge in [-0.2, -0.15) is 0 Å². The van der Waals surface area contributed by atoms with Crippen LogP contribution in [0, 0.1) is 5.92 Å². The first kappa shape index (κ1) is 15.4. The Morgan fingerprint density at radius 2 is 1.67 bits per heavy atom. The molecule has 1 aliphatic heterocycles. The molecule has 5 heteroatoms. The second-order valence-corrected chi connectivity index (χ2v) is 5.36. The first-order chi connectivity index (χ1) is 8.56. The van der Waals surface area contributed by atoms with Crippen molar-refractivity contribution in [3.63, 3.8) is 0 Å². The maximum Gasteiger partial charge on any atom is 0.324 e. The van der Waals surface area contributed by atoms with E-state index in [-0.39, 0.29) is 12.0 Å². The molecule has 1 rings (SSSR count). The molecule has 5 nitrogen and oxygen atoms in total. The molecule has 18 heavy (non-hydrogen) atoms. The molecule has 1 unspecified atom stereocenters. The second kappa shape index (κ2) is 7.71. The van der Waals surface area contributed by atoms with Gasteiger partial charge in [-0.25, -0.2) is 0 Å². The van der Waals surface area contributed by atoms with Crippen LogP contribution in [0.3, 0.4) is 0 Å². The number of nitrogens with zero attached hydrogens (tertiary/aromatic N) is 2. The van der Waals surface area contributed by atoms with Crippen molar-refractivity contribution >= 4 is 5.97 Å². The third-order valence-electron chi connectivity index (χ3n) is 3.36. The molecule has 1 fully saturated rings. The van der Waals surface area contributed by atoms with Gasteiger partial charge in [-0.15, -0.1) is 0 Å². The van der Waals surface area contributed by atoms with Gasteiger partial charge in [0.2, 0.25) is 0 Å². The fourth-order valence-corrected chi connectivity index (χ4v) is 2.35. The summed E-state index contributed by atoms with van der Waals surface area (Å²) in [5.41, 5.74) is 0. The zero-order chi connectivity index (χ0) is 13.5. The molecule has 0 saturated carbocycles. The Labute approximate surface area is 110 Å². The molecular weight excluding hydrogens is 230 g/mol. The molecule has 0 aromatic carbocycles. The van der Waals surface area contributed by atoms with E-state index in [9.17, 15) is 4.79 Å². The summed E-state index contributed by atoms with van der Waals surface area (Å²) < 4.78 is 4.78. The zero-order valence-electron chi connectivity index (χ0n) is 12.1. The smallest absolute Gasteiger partial charge is 0.324 e. The van der Waals surface area contributed by atoms with Crippen LogP contribution in [-0.2, 0) is 9.53 Å². The van der Waals surface area contributed by atoms with Crippen LogP contribution < -0.4 is 5.32 Å². The molecular formula is C13H27N3O2. The molecule has 0 aromatic heterocycles. The first-order valence-electron chi connectivity index (χ1n) is 6.76. The fourth-order valence-electron chi connectivity index (χ4n) is 2.35. The Morgan fingerprint density at radius 3 is 2.06 bits per heavy atom. The van der Waals surface area contributed by atoms with E-state index in [1.165, 1.54) is 13.7 Å². The highest BCUT2D eigenvalue weighted by Crippen LogP contribution is 2.06. The van der Waals surface area contributed by atoms with Crippen molar-refractivity contribution in [2.24, 2.45) is 5.92 Å². The predicted molar refractivity (Wildman–Crippen MR) is 72.6 cm³/mol. The van der Waals surface area contributed by atoms with Crippen LogP contribution in [0.15, 0.2) is 0 Å². The molecule has 1 atom stereocenters. The number of likely N-dealkylation sites (N-methyl/N-ethyl adjacent to an activating group) is 1. The lowest BCUT2D eigenvalue weighted by Gasteiger charge is -2.36. The van der Waals surface area contributed by atoms with Gasteiger partial charge in [0.1, 0.15) is 6.04 Å². The fraction of sp³-hybridized carbons (Fsp3) is 0.923. The molecule has 1 N–H and O–H groups in total. The van der Waals surface area contributed by atoms with E-state index in [0.29, 0.717) is 0 Å². The quantitative estimate of drug-likeness (QED) is 0.680. The summed E-state index contributed by atoms with van der Waals surface area (Å²) >= 11 is 0. The van der Waals surface area contributed by atoms with Crippen molar-refractivity contribution in [1.29, 1.82) is 0 Å². The topological polar surface area (TPSA) is 44.8 Å². The lowest BCUT2D eigenvalue weighted by Crippen LogP contribution is -2.52. The SMILES string of the molecule is CNC(CN1CCN(CC(C)C)CC1)C(=O)OC. The third kappa shape index (κ3) is 4.92. The summed E-state index contributed by atoms with van der Waals surface area (Å²) in [6.07, 6.45) is 0. The van der Waals surface area contributed by atoms with Gasteiger partial charge in [0, 0.05) is 39.3 Å². The van der Waals surface area contributed by atoms with E-state index < -0.39 is 0 Å². The molecule has 0 spiro atoms. The van der Waals surface area contributed by atoms with Crippen molar-refractivity contribution in [2.45, 2.75) is 19.9 Å². The van der Waals surface area contributed by atoms with E-state index in [4.69, 9.17) is 4.74 Å². The lowest BCUT2D eigenvalue weighted by molar-refractivity contribution is -0.143. The van der Waals surface area contributed by atoms with Gasteiger partial charge in [-0.05, 0) is 13.0 Å². The maximum atomic E-state index is 11.5. The third-order valence-corrected chi connectivity index (χ3v) is 3.36. The summed E-state index contributed by atoms with van der Waals surface area (Å²) in [7, 11) is 3.24. The van der Waals surface area contributed by atoms with Gasteiger partial charge in [0.05, 0.1) is 7.11 Å². The van der Waals surface area contributed by atoms with Crippen LogP contribution in [0.1, 0.15) is 13.8 Å². The molecule has 1 saturated heterocycles. The number of carbonyl (C=O) groups is 1. The summed E-state index contributed by atoms with van der Waals surface area (Å²) in [5, 5.41) is 3.01. The largest absolute Gasteiger partial charge is 0.468 e. The van der Waals surface area contributed by atoms with Gasteiger partial charge in [-0.1, -0.05) is 13.8 Å². The van der Waals surface area contributed by atoms with E-state index in [1.54, 1.807) is 7.05 Å². The molecule has 0 aliphatic carbocycles. The predicted octanol–water partition coefficient (Wildman–Crippen LogP) is 0.0210. The number of rotatable bonds is 6. The Hall–Kier alpha value is -0.650. The molecule has 0 amide bonds. The highest BCUT2D eigenvalue weighted by molar-refractivity contribution is 5.75. The molecule has 0 bridgehead atoms. The normalized spacial score (nSPS) is 20.1. The average molecular weight is 257 g/mol. The Bertz CT molecular complexity index is 251. The van der Waals surface area contributed by atoms with Crippen LogP contribution >= 0.6 is 0 Å². The molecule has 1 heterocycles. The number of ether oxygens (including phenoxy) is 1. The van der Waals surface area contributed by atoms with Crippen molar-refractivity contribution in [1.82, 2.24) is 15.1 Å². The number of piperazine rings is 1. The minimum absolute atomic E-state index is 0.179. The summed E-state index contributed by atoms with van der Waals surface area (Å²) in [6, 6.07) is -0.216. The summed E-state index contributed by atoms with van der Waals surface area (Å²) in [4.78, 5) is 16.3. The highest BCUT2D eigenvalue weighted by atomic mass is 16.5. The zero-order valence-corrected chi connectivity index (χ0v) is 12.1. The number of hydrogen-bond acceptors (Lipinski definition) is 5. The minimum atomic E-state index is -0.216. The first-order valence-corrected chi connectivity index (χ1v) is 6.76. The van der Waals surface area contributed by atoms with E-state index in [0.717, 1.165) is 38.6 Å². The number of hydrogen-bond donors (Lipinski definition) is 1. The Kier molecular flexibility index (Phi) is 6.60. The number of esters is 1. The van der Waals surface area contributed by atoms with E-state index in [1.807, 2.05) is 0 Å². The van der Waals surface area contributed by atoms with Crippen molar-refractivity contribution in [3.8, 4) is 0 Å².